The number of nitrogens with two attached hydrogens (primary N) is 2. The minimum absolute atomic E-state index is 0.354. The normalized spacial score (nSPS) is 13.1. The molecule has 6 N–H and O–H groups in total. The van der Waals surface area contributed by atoms with Gasteiger partial charge in [-0.15, -0.1) is 5.70 Å². The van der Waals surface area contributed by atoms with Crippen molar-refractivity contribution < 1.29 is 0 Å². The van der Waals surface area contributed by atoms with Crippen LogP contribution >= 0.6 is 11.6 Å². The molecule has 0 aromatic heterocycles. The first-order chi connectivity index (χ1) is 10.5. The Labute approximate surface area is 135 Å². The van der Waals surface area contributed by atoms with Crippen molar-refractivity contribution in [3.8, 4) is 0 Å². The molecule has 1 atom stereocenters. The van der Waals surface area contributed by atoms with Crippen molar-refractivity contribution in [2.45, 2.75) is 19.6 Å². The molecule has 116 valence electrons. The van der Waals surface area contributed by atoms with Crippen LogP contribution in [0.2, 0.25) is 5.02 Å². The molecular formula is C17H20ClN4-. The summed E-state index contributed by atoms with van der Waals surface area (Å²) in [5, 5.41) is 3.80. The largest absolute Gasteiger partial charge is 0.698 e. The number of halogens is 1. The lowest BCUT2D eigenvalue weighted by atomic mass is 10.1. The topological polar surface area (TPSA) is 87.9 Å². The summed E-state index contributed by atoms with van der Waals surface area (Å²) in [5.41, 5.74) is 23.7. The van der Waals surface area contributed by atoms with Gasteiger partial charge < -0.3 is 17.2 Å². The van der Waals surface area contributed by atoms with Gasteiger partial charge in [-0.3, -0.25) is 5.32 Å². The summed E-state index contributed by atoms with van der Waals surface area (Å²) in [4.78, 5) is 0. The highest BCUT2D eigenvalue weighted by molar-refractivity contribution is 6.31. The zero-order chi connectivity index (χ0) is 16.1. The van der Waals surface area contributed by atoms with Gasteiger partial charge in [-0.25, -0.2) is 0 Å². The van der Waals surface area contributed by atoms with E-state index in [1.165, 1.54) is 0 Å². The van der Waals surface area contributed by atoms with Crippen LogP contribution in [0.25, 0.3) is 11.4 Å². The Kier molecular flexibility index (Phi) is 5.44. The fourth-order valence-corrected chi connectivity index (χ4v) is 2.34. The van der Waals surface area contributed by atoms with Gasteiger partial charge in [-0.05, 0) is 41.8 Å². The van der Waals surface area contributed by atoms with Gasteiger partial charge in [0.15, 0.2) is 0 Å². The predicted octanol–water partition coefficient (Wildman–Crippen LogP) is 3.70. The second-order valence-corrected chi connectivity index (χ2v) is 5.55. The van der Waals surface area contributed by atoms with E-state index >= 15 is 0 Å². The van der Waals surface area contributed by atoms with Gasteiger partial charge in [0, 0.05) is 17.3 Å². The average Bonchev–Trinajstić information content (AvgIpc) is 2.48. The maximum atomic E-state index is 8.16. The van der Waals surface area contributed by atoms with Crippen molar-refractivity contribution in [3.05, 3.63) is 76.0 Å². The van der Waals surface area contributed by atoms with Crippen molar-refractivity contribution in [2.75, 3.05) is 5.73 Å². The molecule has 1 unspecified atom stereocenters. The Morgan fingerprint density at radius 3 is 2.77 bits per heavy atom. The summed E-state index contributed by atoms with van der Waals surface area (Å²) in [6.45, 7) is 2.48. The lowest BCUT2D eigenvalue weighted by Crippen LogP contribution is -2.35. The number of benzene rings is 2. The maximum absolute atomic E-state index is 8.16. The van der Waals surface area contributed by atoms with Crippen LogP contribution in [-0.4, -0.2) is 6.17 Å². The molecule has 0 aliphatic carbocycles. The van der Waals surface area contributed by atoms with Crippen molar-refractivity contribution in [3.63, 3.8) is 0 Å². The third-order valence-electron chi connectivity index (χ3n) is 3.40. The summed E-state index contributed by atoms with van der Waals surface area (Å²) < 4.78 is 0. The molecule has 2 aromatic carbocycles. The number of hydrogen-bond acceptors (Lipinski definition) is 3. The minimum Gasteiger partial charge on any atom is -0.698 e. The average molecular weight is 316 g/mol. The van der Waals surface area contributed by atoms with Gasteiger partial charge in [-0.1, -0.05) is 41.9 Å². The van der Waals surface area contributed by atoms with Gasteiger partial charge in [0.05, 0.1) is 6.17 Å². The Hall–Kier alpha value is -2.01. The highest BCUT2D eigenvalue weighted by Crippen LogP contribution is 2.25. The summed E-state index contributed by atoms with van der Waals surface area (Å²) in [5.74, 6) is 0. The van der Waals surface area contributed by atoms with E-state index in [1.807, 2.05) is 49.4 Å². The lowest BCUT2D eigenvalue weighted by Gasteiger charge is -2.18. The molecule has 0 aliphatic heterocycles. The van der Waals surface area contributed by atoms with Crippen LogP contribution < -0.4 is 16.8 Å². The molecule has 0 amide bonds. The second kappa shape index (κ2) is 7.31. The Morgan fingerprint density at radius 1 is 1.32 bits per heavy atom. The molecule has 5 heteroatoms. The van der Waals surface area contributed by atoms with Crippen molar-refractivity contribution in [2.24, 2.45) is 5.73 Å². The van der Waals surface area contributed by atoms with Crippen LogP contribution in [0.1, 0.15) is 16.7 Å². The third-order valence-corrected chi connectivity index (χ3v) is 3.81. The van der Waals surface area contributed by atoms with Gasteiger partial charge in [-0.2, -0.15) is 0 Å². The molecule has 22 heavy (non-hydrogen) atoms. The smallest absolute Gasteiger partial charge is 0.0732 e. The van der Waals surface area contributed by atoms with Gasteiger partial charge in [0.2, 0.25) is 0 Å². The van der Waals surface area contributed by atoms with E-state index in [4.69, 9.17) is 28.8 Å². The molecule has 2 aromatic rings. The maximum Gasteiger partial charge on any atom is 0.0732 e. The molecule has 0 bridgehead atoms. The van der Waals surface area contributed by atoms with E-state index in [0.29, 0.717) is 17.3 Å². The van der Waals surface area contributed by atoms with Gasteiger partial charge in [0.1, 0.15) is 0 Å². The second-order valence-electron chi connectivity index (χ2n) is 5.14. The summed E-state index contributed by atoms with van der Waals surface area (Å²) >= 11 is 6.08. The number of anilines is 1. The molecule has 2 rings (SSSR count). The molecule has 0 saturated carbocycles. The van der Waals surface area contributed by atoms with Gasteiger partial charge in [0.25, 0.3) is 0 Å². The van der Waals surface area contributed by atoms with Crippen LogP contribution in [0, 0.1) is 6.92 Å². The van der Waals surface area contributed by atoms with Gasteiger partial charge >= 0.3 is 0 Å². The van der Waals surface area contributed by atoms with E-state index in [-0.39, 0.29) is 0 Å². The van der Waals surface area contributed by atoms with E-state index in [2.05, 4.69) is 5.32 Å². The quantitative estimate of drug-likeness (QED) is 0.580. The summed E-state index contributed by atoms with van der Waals surface area (Å²) in [6.07, 6.45) is 1.25. The molecule has 0 fully saturated rings. The first kappa shape index (κ1) is 16.4. The van der Waals surface area contributed by atoms with E-state index in [0.717, 1.165) is 22.4 Å². The van der Waals surface area contributed by atoms with E-state index in [1.54, 1.807) is 6.08 Å². The monoisotopic (exact) mass is 315 g/mol. The number of rotatable bonds is 5. The summed E-state index contributed by atoms with van der Waals surface area (Å²) in [7, 11) is 0. The van der Waals surface area contributed by atoms with Crippen molar-refractivity contribution in [1.29, 1.82) is 0 Å². The molecule has 0 aliphatic rings. The van der Waals surface area contributed by atoms with Crippen LogP contribution in [-0.2, 0) is 6.54 Å². The number of nitrogen functional groups attached to an aromatic ring is 1. The standard InChI is InChI=1S/C17H20ClN4/c1-11-14(6-3-7-15(11)18)16(20)9-17(21)22-10-12-4-2-5-13(19)8-12/h2-9,17,20,22H,10,19,21H2,1H3/q-1/b16-9-. The Balaban J connectivity index is 2.03. The minimum atomic E-state index is -0.424. The fourth-order valence-electron chi connectivity index (χ4n) is 2.17. The Bertz CT molecular complexity index is 682. The highest BCUT2D eigenvalue weighted by Gasteiger charge is 2.03. The molecule has 0 spiro atoms. The molecule has 0 radical (unpaired) electrons. The molecule has 4 nitrogen and oxygen atoms in total. The zero-order valence-corrected chi connectivity index (χ0v) is 13.2. The first-order valence-electron chi connectivity index (χ1n) is 6.99. The Morgan fingerprint density at radius 2 is 2.05 bits per heavy atom. The fraction of sp³-hybridized carbons (Fsp3) is 0.176. The SMILES string of the molecule is Cc1c(Cl)cccc1/C([NH-])=C/C(N)NCc1cccc(N)c1. The van der Waals surface area contributed by atoms with Crippen LogP contribution in [0.15, 0.2) is 48.5 Å². The molecular weight excluding hydrogens is 296 g/mol. The molecule has 0 heterocycles. The third kappa shape index (κ3) is 4.24. The van der Waals surface area contributed by atoms with Crippen molar-refractivity contribution >= 4 is 23.0 Å². The molecule has 0 saturated heterocycles. The van der Waals surface area contributed by atoms with Crippen LogP contribution in [0.3, 0.4) is 0 Å². The first-order valence-corrected chi connectivity index (χ1v) is 7.37. The van der Waals surface area contributed by atoms with E-state index in [9.17, 15) is 0 Å². The highest BCUT2D eigenvalue weighted by atomic mass is 35.5. The van der Waals surface area contributed by atoms with E-state index < -0.39 is 6.17 Å². The number of nitrogens with one attached hydrogen (secondary N) is 2. The van der Waals surface area contributed by atoms with Crippen molar-refractivity contribution in [1.82, 2.24) is 5.32 Å². The van der Waals surface area contributed by atoms with Crippen LogP contribution in [0.4, 0.5) is 5.69 Å². The predicted molar refractivity (Wildman–Crippen MR) is 94.2 cm³/mol. The number of hydrogen-bond donors (Lipinski definition) is 3. The van der Waals surface area contributed by atoms with Crippen LogP contribution in [0.5, 0.6) is 0 Å². The lowest BCUT2D eigenvalue weighted by molar-refractivity contribution is 0.613. The summed E-state index contributed by atoms with van der Waals surface area (Å²) in [6, 6.07) is 13.1. The zero-order valence-electron chi connectivity index (χ0n) is 12.4.